The second-order valence-electron chi connectivity index (χ2n) is 8.96. The minimum Gasteiger partial charge on any atom is -0.481 e. The molecule has 0 spiro atoms. The topological polar surface area (TPSA) is 220 Å². The molecule has 0 aliphatic carbocycles. The minimum absolute atomic E-state index is 0.0340. The number of amides is 4. The van der Waals surface area contributed by atoms with Gasteiger partial charge < -0.3 is 42.1 Å². The highest BCUT2D eigenvalue weighted by molar-refractivity contribution is 5.93. The van der Waals surface area contributed by atoms with E-state index in [1.165, 1.54) is 20.9 Å². The van der Waals surface area contributed by atoms with Crippen LogP contribution in [0.5, 0.6) is 0 Å². The van der Waals surface area contributed by atoms with Crippen molar-refractivity contribution in [2.24, 2.45) is 5.73 Å². The van der Waals surface area contributed by atoms with Gasteiger partial charge in [0.05, 0.1) is 24.6 Å². The van der Waals surface area contributed by atoms with Crippen molar-refractivity contribution in [3.05, 3.63) is 0 Å². The fourth-order valence-corrected chi connectivity index (χ4v) is 4.01. The normalized spacial score (nSPS) is 18.3. The number of carboxylic acid groups (broad SMARTS) is 1. The van der Waals surface area contributed by atoms with E-state index in [2.05, 4.69) is 21.3 Å². The van der Waals surface area contributed by atoms with Gasteiger partial charge in [0, 0.05) is 19.5 Å². The second kappa shape index (κ2) is 13.8. The number of hydrogen-bond donors (Lipinski definition) is 7. The molecule has 14 nitrogen and oxygen atoms in total. The summed E-state index contributed by atoms with van der Waals surface area (Å²) >= 11 is 0. The molecule has 0 aromatic heterocycles. The summed E-state index contributed by atoms with van der Waals surface area (Å²) in [6.07, 6.45) is -1.18. The van der Waals surface area contributed by atoms with Crippen LogP contribution >= 0.6 is 0 Å². The summed E-state index contributed by atoms with van der Waals surface area (Å²) in [6, 6.07) is -3.23. The van der Waals surface area contributed by atoms with Crippen LogP contribution in [0, 0.1) is 0 Å². The van der Waals surface area contributed by atoms with Gasteiger partial charge in [0.15, 0.2) is 5.78 Å². The van der Waals surface area contributed by atoms with Crippen LogP contribution in [0.1, 0.15) is 46.0 Å². The van der Waals surface area contributed by atoms with E-state index in [-0.39, 0.29) is 50.5 Å². The highest BCUT2D eigenvalue weighted by Gasteiger charge is 2.42. The number of nitrogens with one attached hydrogen (secondary N) is 4. The molecule has 0 aromatic carbocycles. The van der Waals surface area contributed by atoms with Gasteiger partial charge in [-0.05, 0) is 47.2 Å². The molecule has 0 aromatic rings. The summed E-state index contributed by atoms with van der Waals surface area (Å²) in [5, 5.41) is 29.1. The molecule has 1 rings (SSSR count). The summed E-state index contributed by atoms with van der Waals surface area (Å²) in [6.45, 7) is 3.06. The largest absolute Gasteiger partial charge is 0.481 e. The van der Waals surface area contributed by atoms with Crippen LogP contribution in [0.4, 0.5) is 0 Å². The Balaban J connectivity index is 2.71. The molecule has 1 aliphatic heterocycles. The lowest BCUT2D eigenvalue weighted by Crippen LogP contribution is -2.64. The number of ketones is 1. The standard InChI is InChI=1S/C22H38N6O8/c1-12(29)14(26-20(35)15(24-3)11-17(32)33)5-6-16(31)28-9-7-22(25-4,8-10-28)21(36)27-18(13(2)30)19(23)34/h13-15,18,24-25,30H,5-11H2,1-4H3,(H2,23,34)(H,26,35)(H,27,36)(H,32,33)/t13-,14+,15+,18+/m1/s1. The molecule has 204 valence electrons. The maximum Gasteiger partial charge on any atom is 0.305 e. The molecule has 0 radical (unpaired) electrons. The van der Waals surface area contributed by atoms with Crippen LogP contribution in [0.3, 0.4) is 0 Å². The summed E-state index contributed by atoms with van der Waals surface area (Å²) in [5.74, 6) is -3.84. The van der Waals surface area contributed by atoms with E-state index in [0.717, 1.165) is 0 Å². The van der Waals surface area contributed by atoms with E-state index in [1.54, 1.807) is 11.9 Å². The Morgan fingerprint density at radius 3 is 2.03 bits per heavy atom. The van der Waals surface area contributed by atoms with E-state index in [1.807, 2.05) is 0 Å². The number of carboxylic acids is 1. The highest BCUT2D eigenvalue weighted by Crippen LogP contribution is 2.23. The molecule has 1 fully saturated rings. The summed E-state index contributed by atoms with van der Waals surface area (Å²) in [5.41, 5.74) is 4.18. The van der Waals surface area contributed by atoms with Gasteiger partial charge in [-0.2, -0.15) is 0 Å². The van der Waals surface area contributed by atoms with Crippen molar-refractivity contribution in [1.82, 2.24) is 26.2 Å². The van der Waals surface area contributed by atoms with Crippen molar-refractivity contribution < 1.29 is 39.0 Å². The zero-order valence-corrected chi connectivity index (χ0v) is 21.1. The molecular formula is C22H38N6O8. The van der Waals surface area contributed by atoms with Crippen molar-refractivity contribution in [3.8, 4) is 0 Å². The smallest absolute Gasteiger partial charge is 0.305 e. The van der Waals surface area contributed by atoms with Crippen molar-refractivity contribution in [2.45, 2.75) is 75.7 Å². The van der Waals surface area contributed by atoms with Crippen LogP contribution in [0.25, 0.3) is 0 Å². The van der Waals surface area contributed by atoms with Crippen LogP contribution in [0.2, 0.25) is 0 Å². The summed E-state index contributed by atoms with van der Waals surface area (Å²) < 4.78 is 0. The lowest BCUT2D eigenvalue weighted by molar-refractivity contribution is -0.140. The molecule has 0 bridgehead atoms. The number of nitrogens with two attached hydrogens (primary N) is 1. The molecule has 1 saturated heterocycles. The van der Waals surface area contributed by atoms with Gasteiger partial charge in [-0.15, -0.1) is 0 Å². The van der Waals surface area contributed by atoms with Crippen LogP contribution in [-0.2, 0) is 28.8 Å². The minimum atomic E-state index is -1.25. The fraction of sp³-hybridized carbons (Fsp3) is 0.727. The number of Topliss-reactive ketones (excluding diaryl/α,β-unsaturated/α-hetero) is 1. The van der Waals surface area contributed by atoms with Crippen LogP contribution in [-0.4, -0.2) is 107 Å². The predicted molar refractivity (Wildman–Crippen MR) is 127 cm³/mol. The van der Waals surface area contributed by atoms with E-state index in [4.69, 9.17) is 10.8 Å². The van der Waals surface area contributed by atoms with Gasteiger partial charge in [0.2, 0.25) is 23.6 Å². The molecule has 4 atom stereocenters. The Morgan fingerprint density at radius 2 is 1.61 bits per heavy atom. The monoisotopic (exact) mass is 514 g/mol. The molecular weight excluding hydrogens is 476 g/mol. The average Bonchev–Trinajstić information content (AvgIpc) is 2.82. The van der Waals surface area contributed by atoms with Gasteiger partial charge in [-0.3, -0.25) is 28.8 Å². The highest BCUT2D eigenvalue weighted by atomic mass is 16.4. The quantitative estimate of drug-likeness (QED) is 0.123. The number of piperidine rings is 1. The number of hydrogen-bond acceptors (Lipinski definition) is 9. The third kappa shape index (κ3) is 8.53. The van der Waals surface area contributed by atoms with Crippen molar-refractivity contribution in [3.63, 3.8) is 0 Å². The molecule has 0 unspecified atom stereocenters. The maximum absolute atomic E-state index is 12.9. The molecule has 4 amide bonds. The van der Waals surface area contributed by atoms with Gasteiger partial charge >= 0.3 is 5.97 Å². The number of aliphatic hydroxyl groups excluding tert-OH is 1. The molecule has 14 heteroatoms. The van der Waals surface area contributed by atoms with Gasteiger partial charge in [0.1, 0.15) is 11.6 Å². The number of aliphatic hydroxyl groups is 1. The van der Waals surface area contributed by atoms with Crippen molar-refractivity contribution in [2.75, 3.05) is 27.2 Å². The van der Waals surface area contributed by atoms with E-state index in [0.29, 0.717) is 0 Å². The Kier molecular flexibility index (Phi) is 11.9. The average molecular weight is 515 g/mol. The Labute approximate surface area is 209 Å². The van der Waals surface area contributed by atoms with Crippen LogP contribution < -0.4 is 27.0 Å². The maximum atomic E-state index is 12.9. The lowest BCUT2D eigenvalue weighted by atomic mass is 9.86. The van der Waals surface area contributed by atoms with Gasteiger partial charge in [-0.1, -0.05) is 0 Å². The Hall–Kier alpha value is -3.10. The molecule has 1 aliphatic rings. The summed E-state index contributed by atoms with van der Waals surface area (Å²) in [4.78, 5) is 74.0. The Morgan fingerprint density at radius 1 is 1.03 bits per heavy atom. The van der Waals surface area contributed by atoms with Crippen molar-refractivity contribution >= 4 is 35.4 Å². The first-order valence-electron chi connectivity index (χ1n) is 11.7. The first kappa shape index (κ1) is 30.9. The molecule has 1 heterocycles. The Bertz CT molecular complexity index is 840. The van der Waals surface area contributed by atoms with Crippen LogP contribution in [0.15, 0.2) is 0 Å². The number of nitrogens with zero attached hydrogens (tertiary/aromatic N) is 1. The number of aliphatic carboxylic acids is 1. The number of primary amides is 1. The molecule has 8 N–H and O–H groups in total. The van der Waals surface area contributed by atoms with Crippen molar-refractivity contribution in [1.29, 1.82) is 0 Å². The van der Waals surface area contributed by atoms with Gasteiger partial charge in [0.25, 0.3) is 0 Å². The van der Waals surface area contributed by atoms with E-state index < -0.39 is 59.9 Å². The second-order valence-corrected chi connectivity index (χ2v) is 8.96. The molecule has 36 heavy (non-hydrogen) atoms. The fourth-order valence-electron chi connectivity index (χ4n) is 4.01. The lowest BCUT2D eigenvalue weighted by Gasteiger charge is -2.41. The van der Waals surface area contributed by atoms with E-state index >= 15 is 0 Å². The van der Waals surface area contributed by atoms with Gasteiger partial charge in [-0.25, -0.2) is 0 Å². The summed E-state index contributed by atoms with van der Waals surface area (Å²) in [7, 11) is 3.02. The third-order valence-corrected chi connectivity index (χ3v) is 6.46. The number of carbonyl (C=O) groups is 6. The zero-order valence-electron chi connectivity index (χ0n) is 21.1. The predicted octanol–water partition coefficient (Wildman–Crippen LogP) is -3.17. The number of rotatable bonds is 14. The number of likely N-dealkylation sites (N-methyl/N-ethyl adjacent to an activating group) is 2. The first-order chi connectivity index (χ1) is 16.8. The SMILES string of the molecule is CN[C@@H](CC(=O)O)C(=O)N[C@@H](CCC(=O)N1CCC(NC)(C(=O)N[C@H](C(N)=O)[C@@H](C)O)CC1)C(C)=O. The number of likely N-dealkylation sites (tertiary alicyclic amines) is 1. The first-order valence-corrected chi connectivity index (χ1v) is 11.7. The number of carbonyl (C=O) groups excluding carboxylic acids is 5. The zero-order chi connectivity index (χ0) is 27.6. The molecule has 0 saturated carbocycles. The third-order valence-electron chi connectivity index (χ3n) is 6.46. The van der Waals surface area contributed by atoms with E-state index in [9.17, 15) is 33.9 Å².